The molecule has 1 aliphatic rings. The minimum Gasteiger partial charge on any atom is -0.492 e. The average molecular weight is 463 g/mol. The third-order valence-corrected chi connectivity index (χ3v) is 5.93. The number of ether oxygens (including phenoxy) is 4. The molecule has 0 aliphatic heterocycles. The summed E-state index contributed by atoms with van der Waals surface area (Å²) in [5.74, 6) is 1.93. The van der Waals surface area contributed by atoms with Crippen molar-refractivity contribution in [3.63, 3.8) is 0 Å². The Bertz CT molecular complexity index is 1130. The van der Waals surface area contributed by atoms with Crippen LogP contribution >= 0.6 is 0 Å². The second-order valence-electron chi connectivity index (χ2n) is 8.14. The molecule has 0 aromatic heterocycles. The van der Waals surface area contributed by atoms with Crippen LogP contribution in [0.3, 0.4) is 0 Å². The van der Waals surface area contributed by atoms with Gasteiger partial charge in [0.15, 0.2) is 11.5 Å². The van der Waals surface area contributed by atoms with Crippen molar-refractivity contribution in [1.82, 2.24) is 5.32 Å². The van der Waals surface area contributed by atoms with Crippen LogP contribution in [0.2, 0.25) is 0 Å². The van der Waals surface area contributed by atoms with E-state index in [0.717, 1.165) is 18.4 Å². The van der Waals surface area contributed by atoms with Crippen LogP contribution in [-0.4, -0.2) is 39.8 Å². The van der Waals surface area contributed by atoms with Gasteiger partial charge in [0.25, 0.3) is 5.91 Å². The predicted octanol–water partition coefficient (Wildman–Crippen LogP) is 4.29. The van der Waals surface area contributed by atoms with E-state index < -0.39 is 0 Å². The lowest BCUT2D eigenvalue weighted by Gasteiger charge is -2.19. The molecule has 0 saturated heterocycles. The van der Waals surface area contributed by atoms with Crippen LogP contribution in [-0.2, 0) is 6.42 Å². The molecule has 3 aromatic rings. The molecule has 34 heavy (non-hydrogen) atoms. The van der Waals surface area contributed by atoms with E-state index >= 15 is 0 Å². The molecule has 7 heteroatoms. The Balaban J connectivity index is 1.61. The Morgan fingerprint density at radius 1 is 0.941 bits per heavy atom. The zero-order valence-electron chi connectivity index (χ0n) is 19.7. The molecule has 1 saturated carbocycles. The van der Waals surface area contributed by atoms with Crippen molar-refractivity contribution >= 4 is 5.91 Å². The molecule has 1 fully saturated rings. The zero-order chi connectivity index (χ0) is 24.1. The monoisotopic (exact) mass is 462 g/mol. The summed E-state index contributed by atoms with van der Waals surface area (Å²) >= 11 is 0. The smallest absolute Gasteiger partial charge is 0.255 e. The number of rotatable bonds is 10. The fourth-order valence-electron chi connectivity index (χ4n) is 4.11. The fourth-order valence-corrected chi connectivity index (χ4v) is 4.11. The molecule has 0 bridgehead atoms. The molecule has 4 rings (SSSR count). The number of amides is 1. The van der Waals surface area contributed by atoms with Gasteiger partial charge in [0, 0.05) is 18.0 Å². The maximum atomic E-state index is 13.3. The van der Waals surface area contributed by atoms with Gasteiger partial charge >= 0.3 is 0 Å². The normalized spacial score (nSPS) is 16.5. The second kappa shape index (κ2) is 10.5. The van der Waals surface area contributed by atoms with Gasteiger partial charge in [-0.3, -0.25) is 4.79 Å². The molecule has 1 aliphatic carbocycles. The Morgan fingerprint density at radius 2 is 1.62 bits per heavy atom. The molecule has 0 unspecified atom stereocenters. The summed E-state index contributed by atoms with van der Waals surface area (Å²) in [6, 6.07) is 19.5. The number of carbonyl (C=O) groups excluding carboxylic acids is 1. The van der Waals surface area contributed by atoms with Gasteiger partial charge in [0.2, 0.25) is 11.5 Å². The quantitative estimate of drug-likeness (QED) is 0.467. The van der Waals surface area contributed by atoms with E-state index in [1.807, 2.05) is 42.5 Å². The first-order chi connectivity index (χ1) is 16.6. The van der Waals surface area contributed by atoms with Crippen molar-refractivity contribution in [2.45, 2.75) is 24.8 Å². The highest BCUT2D eigenvalue weighted by atomic mass is 16.5. The maximum Gasteiger partial charge on any atom is 0.255 e. The summed E-state index contributed by atoms with van der Waals surface area (Å²) in [6.07, 6.45) is 1.68. The van der Waals surface area contributed by atoms with E-state index in [0.29, 0.717) is 46.8 Å². The van der Waals surface area contributed by atoms with Gasteiger partial charge in [-0.1, -0.05) is 42.5 Å². The minimum atomic E-state index is -0.260. The number of hydrogen-bond acceptors (Lipinski definition) is 6. The Morgan fingerprint density at radius 3 is 2.24 bits per heavy atom. The summed E-state index contributed by atoms with van der Waals surface area (Å²) < 4.78 is 22.8. The van der Waals surface area contributed by atoms with Crippen molar-refractivity contribution in [2.75, 3.05) is 27.9 Å². The summed E-state index contributed by atoms with van der Waals surface area (Å²) in [4.78, 5) is 13.3. The van der Waals surface area contributed by atoms with Gasteiger partial charge in [0.05, 0.1) is 26.9 Å². The largest absolute Gasteiger partial charge is 0.492 e. The minimum absolute atomic E-state index is 0.0622. The Hall–Kier alpha value is -3.71. The number of hydrogen-bond donors (Lipinski definition) is 2. The third-order valence-electron chi connectivity index (χ3n) is 5.93. The van der Waals surface area contributed by atoms with Crippen molar-refractivity contribution in [1.29, 1.82) is 0 Å². The second-order valence-corrected chi connectivity index (χ2v) is 8.14. The molecule has 1 amide bonds. The number of benzene rings is 3. The molecular weight excluding hydrogens is 432 g/mol. The molecule has 0 heterocycles. The lowest BCUT2D eigenvalue weighted by atomic mass is 10.1. The predicted molar refractivity (Wildman–Crippen MR) is 130 cm³/mol. The lowest BCUT2D eigenvalue weighted by Crippen LogP contribution is -2.27. The van der Waals surface area contributed by atoms with E-state index in [4.69, 9.17) is 24.7 Å². The first kappa shape index (κ1) is 23.4. The van der Waals surface area contributed by atoms with E-state index in [2.05, 4.69) is 17.4 Å². The lowest BCUT2D eigenvalue weighted by molar-refractivity contribution is 0.0946. The van der Waals surface area contributed by atoms with Crippen LogP contribution in [0, 0.1) is 0 Å². The van der Waals surface area contributed by atoms with Gasteiger partial charge in [-0.25, -0.2) is 0 Å². The van der Waals surface area contributed by atoms with E-state index in [9.17, 15) is 4.79 Å². The number of methoxy groups -OCH3 is 3. The van der Waals surface area contributed by atoms with Gasteiger partial charge in [-0.2, -0.15) is 0 Å². The van der Waals surface area contributed by atoms with Crippen LogP contribution in [0.25, 0.3) is 0 Å². The molecule has 0 spiro atoms. The van der Waals surface area contributed by atoms with Gasteiger partial charge < -0.3 is 30.0 Å². The Labute approximate surface area is 199 Å². The maximum absolute atomic E-state index is 13.3. The first-order valence-corrected chi connectivity index (χ1v) is 11.2. The van der Waals surface area contributed by atoms with Crippen LogP contribution < -0.4 is 30.0 Å². The van der Waals surface area contributed by atoms with Crippen LogP contribution in [0.1, 0.15) is 33.8 Å². The molecule has 7 nitrogen and oxygen atoms in total. The highest BCUT2D eigenvalue weighted by Gasteiger charge is 2.40. The zero-order valence-corrected chi connectivity index (χ0v) is 19.7. The highest BCUT2D eigenvalue weighted by molar-refractivity contribution is 5.99. The molecule has 178 valence electrons. The Kier molecular flexibility index (Phi) is 7.23. The summed E-state index contributed by atoms with van der Waals surface area (Å²) in [7, 11) is 4.51. The van der Waals surface area contributed by atoms with Crippen LogP contribution in [0.5, 0.6) is 28.7 Å². The van der Waals surface area contributed by atoms with E-state index in [1.165, 1.54) is 26.9 Å². The van der Waals surface area contributed by atoms with Crippen LogP contribution in [0.15, 0.2) is 60.7 Å². The van der Waals surface area contributed by atoms with E-state index in [1.54, 1.807) is 6.07 Å². The molecular formula is C27H30N2O5. The van der Waals surface area contributed by atoms with Crippen molar-refractivity contribution < 1.29 is 23.7 Å². The molecule has 0 radical (unpaired) electrons. The first-order valence-electron chi connectivity index (χ1n) is 11.2. The van der Waals surface area contributed by atoms with Crippen molar-refractivity contribution in [2.24, 2.45) is 5.73 Å². The van der Waals surface area contributed by atoms with Gasteiger partial charge in [0.1, 0.15) is 5.75 Å². The van der Waals surface area contributed by atoms with Gasteiger partial charge in [-0.05, 0) is 42.6 Å². The highest BCUT2D eigenvalue weighted by Crippen LogP contribution is 2.48. The van der Waals surface area contributed by atoms with Gasteiger partial charge in [-0.15, -0.1) is 0 Å². The fraction of sp³-hybridized carbons (Fsp3) is 0.296. The van der Waals surface area contributed by atoms with E-state index in [-0.39, 0.29) is 11.9 Å². The van der Waals surface area contributed by atoms with Crippen LogP contribution in [0.4, 0.5) is 0 Å². The van der Waals surface area contributed by atoms with Crippen molar-refractivity contribution in [3.05, 3.63) is 77.4 Å². The standard InChI is InChI=1S/C27H30N2O5/c1-31-24-21(27(30)29-22-15-20(22)18-7-5-4-6-8-18)16-23(25(32-2)26(24)33-3)34-19-11-9-17(10-12-19)13-14-28/h4-12,16,20,22H,13-15,28H2,1-3H3,(H,29,30)/t20-,22+/m0/s1. The topological polar surface area (TPSA) is 92.0 Å². The molecule has 3 N–H and O–H groups in total. The number of nitrogens with one attached hydrogen (secondary N) is 1. The average Bonchev–Trinajstić information content (AvgIpc) is 3.64. The number of nitrogens with two attached hydrogens (primary N) is 1. The third kappa shape index (κ3) is 4.94. The molecule has 3 aromatic carbocycles. The summed E-state index contributed by atoms with van der Waals surface area (Å²) in [6.45, 7) is 0.578. The number of carbonyl (C=O) groups is 1. The van der Waals surface area contributed by atoms with Crippen molar-refractivity contribution in [3.8, 4) is 28.7 Å². The SMILES string of the molecule is COc1c(Oc2ccc(CCN)cc2)cc(C(=O)N[C@@H]2C[C@H]2c2ccccc2)c(OC)c1OC. The summed E-state index contributed by atoms with van der Waals surface area (Å²) in [5.41, 5.74) is 8.28. The molecule has 2 atom stereocenters. The summed E-state index contributed by atoms with van der Waals surface area (Å²) in [5, 5.41) is 3.11.